The van der Waals surface area contributed by atoms with Crippen LogP contribution in [0.4, 0.5) is 11.5 Å². The third-order valence-electron chi connectivity index (χ3n) is 7.96. The van der Waals surface area contributed by atoms with E-state index in [9.17, 15) is 10.1 Å². The number of pyridine rings is 1. The van der Waals surface area contributed by atoms with Crippen LogP contribution in [0, 0.1) is 11.3 Å². The Hall–Kier alpha value is -5.79. The summed E-state index contributed by atoms with van der Waals surface area (Å²) in [5.41, 5.74) is 11.7. The highest BCUT2D eigenvalue weighted by Crippen LogP contribution is 2.29. The van der Waals surface area contributed by atoms with Crippen molar-refractivity contribution in [1.82, 2.24) is 25.2 Å². The number of carbonyl (C=O) groups is 1. The van der Waals surface area contributed by atoms with Crippen LogP contribution in [0.1, 0.15) is 28.3 Å². The fourth-order valence-electron chi connectivity index (χ4n) is 5.52. The van der Waals surface area contributed by atoms with Crippen LogP contribution in [-0.2, 0) is 11.4 Å². The highest BCUT2D eigenvalue weighted by Gasteiger charge is 2.23. The van der Waals surface area contributed by atoms with E-state index in [4.69, 9.17) is 10.5 Å². The first-order valence-corrected chi connectivity index (χ1v) is 15.1. The quantitative estimate of drug-likeness (QED) is 0.233. The monoisotopic (exact) mass is 610 g/mol. The molecule has 2 aromatic heterocycles. The van der Waals surface area contributed by atoms with Crippen molar-refractivity contribution in [3.05, 3.63) is 132 Å². The summed E-state index contributed by atoms with van der Waals surface area (Å²) >= 11 is 0. The van der Waals surface area contributed by atoms with Gasteiger partial charge in [-0.2, -0.15) is 5.26 Å². The van der Waals surface area contributed by atoms with Crippen LogP contribution in [0.2, 0.25) is 0 Å². The van der Waals surface area contributed by atoms with E-state index in [1.807, 2.05) is 91.0 Å². The molecule has 5 aromatic rings. The van der Waals surface area contributed by atoms with E-state index in [1.165, 1.54) is 0 Å². The minimum Gasteiger partial charge on any atom is -0.470 e. The standard InChI is InChI=1S/C36H34N8O2/c37-22-30-21-29(31-23-40-35(38)36(41-31)46-25-26-13-15-39-16-14-26)11-12-32(30)44-19-17-43(18-20-44)24-33(45)42-34(27-7-3-1-4-8-27)28-9-5-2-6-10-28/h1-16,21,23,34H,17-20,24-25H2,(H2,38,40)(H,42,45). The molecular formula is C36H34N8O2. The zero-order valence-electron chi connectivity index (χ0n) is 25.3. The van der Waals surface area contributed by atoms with E-state index in [2.05, 4.69) is 36.1 Å². The highest BCUT2D eigenvalue weighted by molar-refractivity contribution is 5.79. The second-order valence-corrected chi connectivity index (χ2v) is 11.0. The van der Waals surface area contributed by atoms with Crippen LogP contribution < -0.4 is 20.7 Å². The SMILES string of the molecule is N#Cc1cc(-c2cnc(N)c(OCc3ccncc3)n2)ccc1N1CCN(CC(=O)NC(c2ccccc2)c2ccccc2)CC1. The van der Waals surface area contributed by atoms with E-state index in [1.54, 1.807) is 18.6 Å². The summed E-state index contributed by atoms with van der Waals surface area (Å²) in [5.74, 6) is 0.398. The lowest BCUT2D eigenvalue weighted by atomic mass is 9.98. The number of nitriles is 1. The van der Waals surface area contributed by atoms with Gasteiger partial charge in [-0.1, -0.05) is 66.7 Å². The Labute approximate surface area is 268 Å². The summed E-state index contributed by atoms with van der Waals surface area (Å²) in [6.45, 7) is 3.36. The summed E-state index contributed by atoms with van der Waals surface area (Å²) < 4.78 is 5.83. The summed E-state index contributed by atoms with van der Waals surface area (Å²) in [5, 5.41) is 13.3. The summed E-state index contributed by atoms with van der Waals surface area (Å²) in [4.78, 5) is 30.4. The molecule has 0 unspecified atom stereocenters. The van der Waals surface area contributed by atoms with Crippen molar-refractivity contribution in [2.45, 2.75) is 12.6 Å². The van der Waals surface area contributed by atoms with Crippen LogP contribution in [-0.4, -0.2) is 58.5 Å². The second kappa shape index (κ2) is 14.3. The zero-order valence-corrected chi connectivity index (χ0v) is 25.3. The Balaban J connectivity index is 1.08. The average molecular weight is 611 g/mol. The molecule has 0 atom stereocenters. The molecule has 46 heavy (non-hydrogen) atoms. The van der Waals surface area contributed by atoms with Crippen molar-refractivity contribution >= 4 is 17.4 Å². The summed E-state index contributed by atoms with van der Waals surface area (Å²) in [6.07, 6.45) is 4.97. The van der Waals surface area contributed by atoms with Crippen molar-refractivity contribution < 1.29 is 9.53 Å². The molecule has 1 fully saturated rings. The van der Waals surface area contributed by atoms with Crippen LogP contribution in [0.5, 0.6) is 5.88 Å². The van der Waals surface area contributed by atoms with Crippen LogP contribution in [0.25, 0.3) is 11.3 Å². The van der Waals surface area contributed by atoms with E-state index in [0.29, 0.717) is 44.0 Å². The summed E-state index contributed by atoms with van der Waals surface area (Å²) in [7, 11) is 0. The van der Waals surface area contributed by atoms with Gasteiger partial charge in [0.2, 0.25) is 5.91 Å². The average Bonchev–Trinajstić information content (AvgIpc) is 3.11. The fourth-order valence-corrected chi connectivity index (χ4v) is 5.52. The van der Waals surface area contributed by atoms with Gasteiger partial charge in [-0.15, -0.1) is 0 Å². The van der Waals surface area contributed by atoms with Crippen LogP contribution in [0.15, 0.2) is 110 Å². The molecule has 3 heterocycles. The van der Waals surface area contributed by atoms with Crippen molar-refractivity contribution in [3.8, 4) is 23.2 Å². The van der Waals surface area contributed by atoms with Crippen LogP contribution >= 0.6 is 0 Å². The lowest BCUT2D eigenvalue weighted by Gasteiger charge is -2.36. The number of ether oxygens (including phenoxy) is 1. The molecule has 1 aliphatic rings. The van der Waals surface area contributed by atoms with Gasteiger partial charge in [-0.05, 0) is 41.0 Å². The maximum absolute atomic E-state index is 13.2. The van der Waals surface area contributed by atoms with Gasteiger partial charge in [0.25, 0.3) is 5.88 Å². The lowest BCUT2D eigenvalue weighted by molar-refractivity contribution is -0.122. The number of rotatable bonds is 10. The van der Waals surface area contributed by atoms with Gasteiger partial charge in [0.15, 0.2) is 5.82 Å². The van der Waals surface area contributed by atoms with Gasteiger partial charge in [-0.3, -0.25) is 14.7 Å². The molecule has 0 aliphatic carbocycles. The molecule has 0 saturated carbocycles. The van der Waals surface area contributed by atoms with Crippen LogP contribution in [0.3, 0.4) is 0 Å². The van der Waals surface area contributed by atoms with Gasteiger partial charge in [0.05, 0.1) is 35.7 Å². The Morgan fingerprint density at radius 1 is 0.935 bits per heavy atom. The number of amides is 1. The topological polar surface area (TPSA) is 133 Å². The number of hydrogen-bond acceptors (Lipinski definition) is 9. The molecule has 6 rings (SSSR count). The highest BCUT2D eigenvalue weighted by atomic mass is 16.5. The number of piperazine rings is 1. The van der Waals surface area contributed by atoms with Gasteiger partial charge in [0, 0.05) is 44.1 Å². The van der Waals surface area contributed by atoms with Crippen molar-refractivity contribution in [2.24, 2.45) is 0 Å². The fraction of sp³-hybridized carbons (Fsp3) is 0.194. The van der Waals surface area contributed by atoms with Gasteiger partial charge in [0.1, 0.15) is 12.7 Å². The van der Waals surface area contributed by atoms with Gasteiger partial charge in [-0.25, -0.2) is 9.97 Å². The van der Waals surface area contributed by atoms with Gasteiger partial charge >= 0.3 is 0 Å². The maximum Gasteiger partial charge on any atom is 0.258 e. The van der Waals surface area contributed by atoms with E-state index >= 15 is 0 Å². The second-order valence-electron chi connectivity index (χ2n) is 11.0. The molecule has 230 valence electrons. The molecule has 0 spiro atoms. The number of nitrogen functional groups attached to an aromatic ring is 1. The van der Waals surface area contributed by atoms with Crippen molar-refractivity contribution in [1.29, 1.82) is 5.26 Å². The largest absolute Gasteiger partial charge is 0.470 e. The zero-order chi connectivity index (χ0) is 31.7. The number of nitrogens with two attached hydrogens (primary N) is 1. The van der Waals surface area contributed by atoms with E-state index in [0.717, 1.165) is 27.9 Å². The molecule has 0 bridgehead atoms. The lowest BCUT2D eigenvalue weighted by Crippen LogP contribution is -2.50. The smallest absolute Gasteiger partial charge is 0.258 e. The first-order chi connectivity index (χ1) is 22.6. The maximum atomic E-state index is 13.2. The Bertz CT molecular complexity index is 1770. The molecule has 10 nitrogen and oxygen atoms in total. The minimum absolute atomic E-state index is 0.0260. The number of benzene rings is 3. The third-order valence-corrected chi connectivity index (χ3v) is 7.96. The number of anilines is 2. The van der Waals surface area contributed by atoms with Crippen molar-refractivity contribution in [2.75, 3.05) is 43.4 Å². The van der Waals surface area contributed by atoms with Gasteiger partial charge < -0.3 is 20.7 Å². The predicted octanol–water partition coefficient (Wildman–Crippen LogP) is 4.60. The Kier molecular flexibility index (Phi) is 9.42. The first-order valence-electron chi connectivity index (χ1n) is 15.1. The number of carbonyl (C=O) groups excluding carboxylic acids is 1. The third kappa shape index (κ3) is 7.29. The molecular weight excluding hydrogens is 576 g/mol. The summed E-state index contributed by atoms with van der Waals surface area (Å²) in [6, 6.07) is 31.5. The van der Waals surface area contributed by atoms with E-state index in [-0.39, 0.29) is 30.3 Å². The minimum atomic E-state index is -0.220. The molecule has 3 N–H and O–H groups in total. The molecule has 0 radical (unpaired) electrons. The molecule has 1 aliphatic heterocycles. The van der Waals surface area contributed by atoms with E-state index < -0.39 is 0 Å². The number of hydrogen-bond donors (Lipinski definition) is 2. The molecule has 3 aromatic carbocycles. The number of nitrogens with zero attached hydrogens (tertiary/aromatic N) is 6. The number of nitrogens with one attached hydrogen (secondary N) is 1. The Morgan fingerprint density at radius 3 is 2.26 bits per heavy atom. The molecule has 10 heteroatoms. The molecule has 1 saturated heterocycles. The first kappa shape index (κ1) is 30.2. The Morgan fingerprint density at radius 2 is 1.61 bits per heavy atom. The number of aromatic nitrogens is 3. The van der Waals surface area contributed by atoms with Crippen molar-refractivity contribution in [3.63, 3.8) is 0 Å². The normalized spacial score (nSPS) is 13.3. The predicted molar refractivity (Wildman–Crippen MR) is 177 cm³/mol. The molecule has 1 amide bonds.